The average Bonchev–Trinajstić information content (AvgIpc) is 3.18. The van der Waals surface area contributed by atoms with Crippen LogP contribution in [0.5, 0.6) is 0 Å². The summed E-state index contributed by atoms with van der Waals surface area (Å²) in [6.07, 6.45) is 0. The predicted molar refractivity (Wildman–Crippen MR) is 117 cm³/mol. The van der Waals surface area contributed by atoms with E-state index in [0.29, 0.717) is 6.54 Å². The van der Waals surface area contributed by atoms with Gasteiger partial charge in [-0.25, -0.2) is 0 Å². The first-order chi connectivity index (χ1) is 12.2. The Hall–Kier alpha value is -1.88. The molecule has 0 spiro atoms. The molecule has 1 aromatic heterocycles. The van der Waals surface area contributed by atoms with Crippen LogP contribution in [0, 0.1) is 10.1 Å². The Bertz CT molecular complexity index is 728. The van der Waals surface area contributed by atoms with Gasteiger partial charge in [0.05, 0.1) is 9.92 Å². The maximum atomic E-state index is 10.7. The fourth-order valence-corrected chi connectivity index (χ4v) is 3.62. The van der Waals surface area contributed by atoms with Gasteiger partial charge in [0.1, 0.15) is 0 Å². The summed E-state index contributed by atoms with van der Waals surface area (Å²) >= 11 is 1.77. The molecule has 1 N–H and O–H groups in total. The number of halogens is 1. The molecule has 7 nitrogen and oxygen atoms in total. The van der Waals surface area contributed by atoms with E-state index in [1.165, 1.54) is 17.1 Å². The van der Waals surface area contributed by atoms with Crippen LogP contribution in [0.2, 0.25) is 0 Å². The minimum absolute atomic E-state index is 0. The largest absolute Gasteiger partial charge is 0.360 e. The fraction of sp³-hybridized carbons (Fsp3) is 0.353. The van der Waals surface area contributed by atoms with Crippen LogP contribution in [0.1, 0.15) is 5.56 Å². The van der Waals surface area contributed by atoms with E-state index in [9.17, 15) is 10.1 Å². The molecule has 0 saturated carbocycles. The zero-order valence-electron chi connectivity index (χ0n) is 14.5. The van der Waals surface area contributed by atoms with Gasteiger partial charge in [0.2, 0.25) is 0 Å². The number of non-ortho nitro benzene ring substituents is 1. The van der Waals surface area contributed by atoms with Gasteiger partial charge in [-0.3, -0.25) is 15.1 Å². The van der Waals surface area contributed by atoms with Crippen molar-refractivity contribution in [1.82, 2.24) is 10.2 Å². The number of nitro benzene ring substituents is 1. The smallest absolute Gasteiger partial charge is 0.269 e. The quantitative estimate of drug-likeness (QED) is 0.236. The first-order valence-corrected chi connectivity index (χ1v) is 9.02. The standard InChI is InChI=1S/C17H21N5O2S.HI/c1-18-17(19-13-14-4-6-15(7-5-14)22(23)24)21-10-8-20(9-11-21)16-3-2-12-25-16;/h2-7,12H,8-11,13H2,1H3,(H,18,19);1H. The van der Waals surface area contributed by atoms with Crippen LogP contribution in [-0.2, 0) is 6.54 Å². The van der Waals surface area contributed by atoms with Gasteiger partial charge in [-0.2, -0.15) is 0 Å². The average molecular weight is 487 g/mol. The van der Waals surface area contributed by atoms with Crippen LogP contribution < -0.4 is 10.2 Å². The second-order valence-corrected chi connectivity index (χ2v) is 6.68. The number of benzene rings is 1. The number of nitrogens with one attached hydrogen (secondary N) is 1. The maximum Gasteiger partial charge on any atom is 0.269 e. The SMILES string of the molecule is CN=C(NCc1ccc([N+](=O)[O-])cc1)N1CCN(c2cccs2)CC1.I. The lowest BCUT2D eigenvalue weighted by Crippen LogP contribution is -2.52. The highest BCUT2D eigenvalue weighted by Gasteiger charge is 2.20. The number of hydrogen-bond acceptors (Lipinski definition) is 5. The van der Waals surface area contributed by atoms with Crippen LogP contribution in [0.4, 0.5) is 10.7 Å². The molecule has 3 rings (SSSR count). The summed E-state index contributed by atoms with van der Waals surface area (Å²) in [7, 11) is 1.78. The Balaban J connectivity index is 0.00000243. The molecular weight excluding hydrogens is 465 g/mol. The highest BCUT2D eigenvalue weighted by Crippen LogP contribution is 2.22. The minimum Gasteiger partial charge on any atom is -0.360 e. The minimum atomic E-state index is -0.386. The summed E-state index contributed by atoms with van der Waals surface area (Å²) in [5.74, 6) is 0.865. The molecular formula is C17H22IN5O2S. The second kappa shape index (κ2) is 9.72. The van der Waals surface area contributed by atoms with E-state index in [1.807, 2.05) is 0 Å². The first-order valence-electron chi connectivity index (χ1n) is 8.15. The zero-order chi connectivity index (χ0) is 17.6. The van der Waals surface area contributed by atoms with Crippen molar-refractivity contribution in [2.75, 3.05) is 38.1 Å². The normalized spacial score (nSPS) is 14.7. The summed E-state index contributed by atoms with van der Waals surface area (Å²) in [5, 5.41) is 17.5. The number of rotatable bonds is 4. The van der Waals surface area contributed by atoms with Crippen LogP contribution in [0.25, 0.3) is 0 Å². The second-order valence-electron chi connectivity index (χ2n) is 5.75. The third kappa shape index (κ3) is 5.07. The zero-order valence-corrected chi connectivity index (χ0v) is 17.6. The highest BCUT2D eigenvalue weighted by atomic mass is 127. The number of piperazine rings is 1. The molecule has 26 heavy (non-hydrogen) atoms. The summed E-state index contributed by atoms with van der Waals surface area (Å²) in [4.78, 5) is 19.3. The number of guanidine groups is 1. The molecule has 0 aliphatic carbocycles. The van der Waals surface area contributed by atoms with Crippen molar-refractivity contribution in [2.24, 2.45) is 4.99 Å². The number of hydrogen-bond donors (Lipinski definition) is 1. The van der Waals surface area contributed by atoms with Gasteiger partial charge in [-0.1, -0.05) is 12.1 Å². The van der Waals surface area contributed by atoms with Gasteiger partial charge >= 0.3 is 0 Å². The number of thiophene rings is 1. The van der Waals surface area contributed by atoms with E-state index in [0.717, 1.165) is 37.7 Å². The van der Waals surface area contributed by atoms with E-state index >= 15 is 0 Å². The Morgan fingerprint density at radius 2 is 1.92 bits per heavy atom. The molecule has 9 heteroatoms. The third-order valence-corrected chi connectivity index (χ3v) is 5.14. The molecule has 0 amide bonds. The van der Waals surface area contributed by atoms with E-state index in [2.05, 4.69) is 37.6 Å². The van der Waals surface area contributed by atoms with Gasteiger partial charge < -0.3 is 15.1 Å². The summed E-state index contributed by atoms with van der Waals surface area (Å²) in [6, 6.07) is 10.8. The maximum absolute atomic E-state index is 10.7. The lowest BCUT2D eigenvalue weighted by atomic mass is 10.2. The lowest BCUT2D eigenvalue weighted by Gasteiger charge is -2.37. The van der Waals surface area contributed by atoms with Gasteiger partial charge in [0.15, 0.2) is 5.96 Å². The predicted octanol–water partition coefficient (Wildman–Crippen LogP) is 3.17. The molecule has 0 radical (unpaired) electrons. The first kappa shape index (κ1) is 20.4. The summed E-state index contributed by atoms with van der Waals surface area (Å²) in [6.45, 7) is 4.36. The molecule has 1 fully saturated rings. The van der Waals surface area contributed by atoms with Crippen molar-refractivity contribution >= 4 is 52.0 Å². The molecule has 0 atom stereocenters. The van der Waals surface area contributed by atoms with Crippen molar-refractivity contribution < 1.29 is 4.92 Å². The molecule has 0 bridgehead atoms. The van der Waals surface area contributed by atoms with Crippen molar-refractivity contribution in [1.29, 1.82) is 0 Å². The Morgan fingerprint density at radius 3 is 2.46 bits per heavy atom. The summed E-state index contributed by atoms with van der Waals surface area (Å²) in [5.41, 5.74) is 1.10. The van der Waals surface area contributed by atoms with Gasteiger partial charge in [0, 0.05) is 51.9 Å². The van der Waals surface area contributed by atoms with Gasteiger partial charge in [0.25, 0.3) is 5.69 Å². The van der Waals surface area contributed by atoms with E-state index in [-0.39, 0.29) is 34.6 Å². The Morgan fingerprint density at radius 1 is 1.23 bits per heavy atom. The highest BCUT2D eigenvalue weighted by molar-refractivity contribution is 14.0. The van der Waals surface area contributed by atoms with E-state index < -0.39 is 0 Å². The molecule has 140 valence electrons. The molecule has 1 aliphatic heterocycles. The Kier molecular flexibility index (Phi) is 7.64. The monoisotopic (exact) mass is 487 g/mol. The lowest BCUT2D eigenvalue weighted by molar-refractivity contribution is -0.384. The number of nitro groups is 1. The van der Waals surface area contributed by atoms with Gasteiger partial charge in [-0.05, 0) is 23.1 Å². The third-order valence-electron chi connectivity index (χ3n) is 4.21. The van der Waals surface area contributed by atoms with Crippen molar-refractivity contribution in [3.05, 3.63) is 57.5 Å². The summed E-state index contributed by atoms with van der Waals surface area (Å²) < 4.78 is 0. The fourth-order valence-electron chi connectivity index (χ4n) is 2.84. The van der Waals surface area contributed by atoms with Crippen LogP contribution in [-0.4, -0.2) is 49.0 Å². The topological polar surface area (TPSA) is 74.0 Å². The van der Waals surface area contributed by atoms with Crippen molar-refractivity contribution in [3.8, 4) is 0 Å². The molecule has 2 aromatic rings. The molecule has 1 aliphatic rings. The Labute approximate surface area is 173 Å². The van der Waals surface area contributed by atoms with Crippen molar-refractivity contribution in [2.45, 2.75) is 6.54 Å². The number of nitrogens with zero attached hydrogens (tertiary/aromatic N) is 4. The molecule has 1 saturated heterocycles. The number of anilines is 1. The van der Waals surface area contributed by atoms with Crippen LogP contribution in [0.15, 0.2) is 46.8 Å². The van der Waals surface area contributed by atoms with Crippen LogP contribution in [0.3, 0.4) is 0 Å². The van der Waals surface area contributed by atoms with E-state index in [1.54, 1.807) is 30.5 Å². The van der Waals surface area contributed by atoms with Crippen LogP contribution >= 0.6 is 35.3 Å². The van der Waals surface area contributed by atoms with Crippen molar-refractivity contribution in [3.63, 3.8) is 0 Å². The molecule has 0 unspecified atom stereocenters. The van der Waals surface area contributed by atoms with Gasteiger partial charge in [-0.15, -0.1) is 35.3 Å². The molecule has 2 heterocycles. The number of aliphatic imine (C=N–C) groups is 1. The van der Waals surface area contributed by atoms with E-state index in [4.69, 9.17) is 0 Å². The molecule has 1 aromatic carbocycles.